The van der Waals surface area contributed by atoms with Gasteiger partial charge in [0.1, 0.15) is 11.5 Å². The van der Waals surface area contributed by atoms with Crippen LogP contribution in [0.4, 0.5) is 10.2 Å². The Bertz CT molecular complexity index is 903. The van der Waals surface area contributed by atoms with Crippen molar-refractivity contribution in [3.05, 3.63) is 59.8 Å². The lowest BCUT2D eigenvalue weighted by Crippen LogP contribution is -2.32. The molecule has 0 atom stereocenters. The van der Waals surface area contributed by atoms with Gasteiger partial charge in [0.15, 0.2) is 11.6 Å². The van der Waals surface area contributed by atoms with Crippen molar-refractivity contribution in [3.8, 4) is 17.4 Å². The first kappa shape index (κ1) is 15.4. The summed E-state index contributed by atoms with van der Waals surface area (Å²) in [5.74, 6) is 0.851. The molecule has 1 aliphatic rings. The van der Waals surface area contributed by atoms with Crippen molar-refractivity contribution in [2.45, 2.75) is 13.0 Å². The molecule has 0 spiro atoms. The van der Waals surface area contributed by atoms with Crippen molar-refractivity contribution in [1.82, 2.24) is 19.9 Å². The van der Waals surface area contributed by atoms with Crippen LogP contribution in [0.25, 0.3) is 11.5 Å². The molecule has 0 bridgehead atoms. The molecule has 7 heteroatoms. The highest BCUT2D eigenvalue weighted by Gasteiger charge is 2.21. The van der Waals surface area contributed by atoms with E-state index in [1.807, 2.05) is 24.4 Å². The number of anilines is 1. The fourth-order valence-corrected chi connectivity index (χ4v) is 2.86. The summed E-state index contributed by atoms with van der Waals surface area (Å²) in [6, 6.07) is 8.71. The molecule has 4 heterocycles. The van der Waals surface area contributed by atoms with E-state index in [2.05, 4.69) is 24.8 Å². The van der Waals surface area contributed by atoms with Crippen LogP contribution < -0.4 is 9.64 Å². The summed E-state index contributed by atoms with van der Waals surface area (Å²) in [6.45, 7) is 1.37. The van der Waals surface area contributed by atoms with Gasteiger partial charge in [-0.25, -0.2) is 14.4 Å². The van der Waals surface area contributed by atoms with Crippen LogP contribution in [0.15, 0.2) is 42.7 Å². The lowest BCUT2D eigenvalue weighted by molar-refractivity contribution is 0.369. The number of rotatable bonds is 3. The van der Waals surface area contributed by atoms with E-state index >= 15 is 0 Å². The lowest BCUT2D eigenvalue weighted by Gasteiger charge is -2.29. The number of fused-ring (bicyclic) bond motifs is 1. The molecule has 3 aromatic heterocycles. The number of nitrogens with zero attached hydrogens (tertiary/aromatic N) is 5. The fraction of sp³-hybridized carbons (Fsp3) is 0.222. The van der Waals surface area contributed by atoms with E-state index in [1.54, 1.807) is 12.3 Å². The molecule has 0 N–H and O–H groups in total. The molecule has 0 unspecified atom stereocenters. The number of hydrogen-bond donors (Lipinski definition) is 0. The molecule has 0 saturated heterocycles. The summed E-state index contributed by atoms with van der Waals surface area (Å²) in [7, 11) is 1.41. The zero-order valence-corrected chi connectivity index (χ0v) is 13.7. The summed E-state index contributed by atoms with van der Waals surface area (Å²) in [4.78, 5) is 19.7. The summed E-state index contributed by atoms with van der Waals surface area (Å²) >= 11 is 0. The molecule has 0 fully saturated rings. The Morgan fingerprint density at radius 3 is 2.84 bits per heavy atom. The summed E-state index contributed by atoms with van der Waals surface area (Å²) in [6.07, 6.45) is 4.33. The second kappa shape index (κ2) is 6.43. The summed E-state index contributed by atoms with van der Waals surface area (Å²) in [5, 5.41) is 0. The number of methoxy groups -OCH3 is 1. The number of hydrogen-bond acceptors (Lipinski definition) is 6. The third-order valence-electron chi connectivity index (χ3n) is 4.14. The zero-order valence-electron chi connectivity index (χ0n) is 13.7. The molecule has 25 heavy (non-hydrogen) atoms. The van der Waals surface area contributed by atoms with E-state index in [1.165, 1.54) is 13.2 Å². The molecule has 0 amide bonds. The highest BCUT2D eigenvalue weighted by Crippen LogP contribution is 2.25. The maximum Gasteiger partial charge on any atom is 0.252 e. The first-order valence-electron chi connectivity index (χ1n) is 7.96. The quantitative estimate of drug-likeness (QED) is 0.732. The molecule has 1 aliphatic heterocycles. The fourth-order valence-electron chi connectivity index (χ4n) is 2.86. The van der Waals surface area contributed by atoms with Crippen molar-refractivity contribution >= 4 is 5.82 Å². The van der Waals surface area contributed by atoms with Crippen LogP contribution in [-0.2, 0) is 13.0 Å². The lowest BCUT2D eigenvalue weighted by atomic mass is 10.1. The van der Waals surface area contributed by atoms with Gasteiger partial charge in [0.2, 0.25) is 0 Å². The smallest absolute Gasteiger partial charge is 0.252 e. The standard InChI is InChI=1S/C18H16FN5O/c1-25-18-13(19)5-6-16(23-18)24-9-7-14-12(11-24)10-21-17(22-14)15-4-2-3-8-20-15/h2-6,8,10H,7,9,11H2,1H3. The normalized spacial score (nSPS) is 13.4. The second-order valence-electron chi connectivity index (χ2n) is 5.71. The van der Waals surface area contributed by atoms with Crippen LogP contribution in [0, 0.1) is 5.82 Å². The average Bonchev–Trinajstić information content (AvgIpc) is 2.68. The van der Waals surface area contributed by atoms with Gasteiger partial charge in [-0.15, -0.1) is 0 Å². The van der Waals surface area contributed by atoms with Gasteiger partial charge < -0.3 is 9.64 Å². The van der Waals surface area contributed by atoms with E-state index in [0.29, 0.717) is 18.2 Å². The molecule has 4 rings (SSSR count). The molecular formula is C18H16FN5O. The van der Waals surface area contributed by atoms with Gasteiger partial charge in [0.25, 0.3) is 5.88 Å². The minimum absolute atomic E-state index is 0.00467. The molecule has 3 aromatic rings. The maximum atomic E-state index is 13.5. The minimum atomic E-state index is -0.466. The van der Waals surface area contributed by atoms with E-state index < -0.39 is 5.82 Å². The Balaban J connectivity index is 1.60. The Morgan fingerprint density at radius 1 is 1.12 bits per heavy atom. The molecular weight excluding hydrogens is 321 g/mol. The number of halogens is 1. The third-order valence-corrected chi connectivity index (χ3v) is 4.14. The van der Waals surface area contributed by atoms with Crippen molar-refractivity contribution in [1.29, 1.82) is 0 Å². The first-order valence-corrected chi connectivity index (χ1v) is 7.96. The van der Waals surface area contributed by atoms with Crippen molar-refractivity contribution in [3.63, 3.8) is 0 Å². The van der Waals surface area contributed by atoms with Crippen LogP contribution in [0.3, 0.4) is 0 Å². The maximum absolute atomic E-state index is 13.5. The number of ether oxygens (including phenoxy) is 1. The Labute approximate surface area is 144 Å². The van der Waals surface area contributed by atoms with Crippen LogP contribution in [-0.4, -0.2) is 33.6 Å². The average molecular weight is 337 g/mol. The van der Waals surface area contributed by atoms with E-state index in [9.17, 15) is 4.39 Å². The van der Waals surface area contributed by atoms with E-state index in [-0.39, 0.29) is 5.88 Å². The molecule has 0 aliphatic carbocycles. The van der Waals surface area contributed by atoms with E-state index in [4.69, 9.17) is 4.74 Å². The van der Waals surface area contributed by atoms with Crippen molar-refractivity contribution < 1.29 is 9.13 Å². The second-order valence-corrected chi connectivity index (χ2v) is 5.71. The van der Waals surface area contributed by atoms with Gasteiger partial charge in [-0.2, -0.15) is 4.98 Å². The van der Waals surface area contributed by atoms with Crippen LogP contribution in [0.1, 0.15) is 11.3 Å². The van der Waals surface area contributed by atoms with Crippen LogP contribution in [0.2, 0.25) is 0 Å². The molecule has 0 aromatic carbocycles. The Hall–Kier alpha value is -3.09. The number of aromatic nitrogens is 4. The number of pyridine rings is 2. The van der Waals surface area contributed by atoms with Crippen LogP contribution >= 0.6 is 0 Å². The topological polar surface area (TPSA) is 64.0 Å². The van der Waals surface area contributed by atoms with Gasteiger partial charge in [-0.05, 0) is 24.3 Å². The molecule has 6 nitrogen and oxygen atoms in total. The molecule has 0 saturated carbocycles. The predicted octanol–water partition coefficient (Wildman–Crippen LogP) is 2.64. The highest BCUT2D eigenvalue weighted by atomic mass is 19.1. The van der Waals surface area contributed by atoms with Gasteiger partial charge >= 0.3 is 0 Å². The summed E-state index contributed by atoms with van der Waals surface area (Å²) < 4.78 is 18.5. The monoisotopic (exact) mass is 337 g/mol. The molecule has 0 radical (unpaired) electrons. The minimum Gasteiger partial charge on any atom is -0.479 e. The van der Waals surface area contributed by atoms with Gasteiger partial charge in [-0.1, -0.05) is 6.07 Å². The first-order chi connectivity index (χ1) is 12.2. The van der Waals surface area contributed by atoms with Crippen molar-refractivity contribution in [2.75, 3.05) is 18.6 Å². The van der Waals surface area contributed by atoms with Crippen LogP contribution in [0.5, 0.6) is 5.88 Å². The van der Waals surface area contributed by atoms with Gasteiger partial charge in [-0.3, -0.25) is 4.98 Å². The largest absolute Gasteiger partial charge is 0.479 e. The van der Waals surface area contributed by atoms with Gasteiger partial charge in [0.05, 0.1) is 12.8 Å². The summed E-state index contributed by atoms with van der Waals surface area (Å²) in [5.41, 5.74) is 2.81. The van der Waals surface area contributed by atoms with Crippen molar-refractivity contribution in [2.24, 2.45) is 0 Å². The zero-order chi connectivity index (χ0) is 17.2. The third kappa shape index (κ3) is 3.00. The predicted molar refractivity (Wildman–Crippen MR) is 90.8 cm³/mol. The SMILES string of the molecule is COc1nc(N2CCc3nc(-c4ccccn4)ncc3C2)ccc1F. The molecule has 126 valence electrons. The van der Waals surface area contributed by atoms with Gasteiger partial charge in [0, 0.05) is 37.5 Å². The van der Waals surface area contributed by atoms with E-state index in [0.717, 1.165) is 29.9 Å². The Kier molecular flexibility index (Phi) is 3.97. The Morgan fingerprint density at radius 2 is 2.04 bits per heavy atom. The highest BCUT2D eigenvalue weighted by molar-refractivity contribution is 5.50.